The maximum Gasteiger partial charge on any atom is 0.263 e. The lowest BCUT2D eigenvalue weighted by molar-refractivity contribution is 0.0928. The Balaban J connectivity index is 1.54. The van der Waals surface area contributed by atoms with E-state index in [1.165, 1.54) is 24.6 Å². The number of rotatable bonds is 7. The maximum atomic E-state index is 13.1. The molecule has 4 rings (SSSR count). The molecule has 2 amide bonds. The third-order valence-corrected chi connectivity index (χ3v) is 7.98. The number of carbonyl (C=O) groups excluding carboxylic acids is 2. The van der Waals surface area contributed by atoms with Gasteiger partial charge in [-0.05, 0) is 67.8 Å². The second-order valence-electron chi connectivity index (χ2n) is 8.93. The summed E-state index contributed by atoms with van der Waals surface area (Å²) in [5.41, 5.74) is 2.05. The minimum Gasteiger partial charge on any atom is -0.349 e. The molecular formula is C27H28ClN3O4S. The number of halogens is 1. The Labute approximate surface area is 216 Å². The van der Waals surface area contributed by atoms with Gasteiger partial charge in [0, 0.05) is 17.3 Å². The number of hydrogen-bond donors (Lipinski definition) is 3. The minimum absolute atomic E-state index is 0.0148. The van der Waals surface area contributed by atoms with Crippen LogP contribution in [0.1, 0.15) is 58.4 Å². The highest BCUT2D eigenvalue weighted by Gasteiger charge is 2.22. The Bertz CT molecular complexity index is 1390. The molecule has 0 saturated heterocycles. The summed E-state index contributed by atoms with van der Waals surface area (Å²) in [6.45, 7) is 1.85. The molecule has 9 heteroatoms. The molecule has 0 bridgehead atoms. The predicted molar refractivity (Wildman–Crippen MR) is 142 cm³/mol. The van der Waals surface area contributed by atoms with Crippen molar-refractivity contribution in [3.63, 3.8) is 0 Å². The quantitative estimate of drug-likeness (QED) is 0.364. The second-order valence-corrected chi connectivity index (χ2v) is 11.0. The van der Waals surface area contributed by atoms with Gasteiger partial charge < -0.3 is 10.6 Å². The second kappa shape index (κ2) is 11.1. The number of sulfonamides is 1. The molecule has 1 saturated carbocycles. The SMILES string of the molecule is Cc1cccc(NS(=O)(=O)c2cc(C(=O)Nc3ccccc3C(=O)NC3CCCCC3)ccc2Cl)c1. The van der Waals surface area contributed by atoms with Crippen LogP contribution < -0.4 is 15.4 Å². The van der Waals surface area contributed by atoms with Crippen molar-refractivity contribution in [3.8, 4) is 0 Å². The Kier molecular flexibility index (Phi) is 7.96. The summed E-state index contributed by atoms with van der Waals surface area (Å²) < 4.78 is 28.5. The first kappa shape index (κ1) is 25.7. The zero-order valence-corrected chi connectivity index (χ0v) is 21.5. The van der Waals surface area contributed by atoms with Crippen LogP contribution in [0.2, 0.25) is 5.02 Å². The van der Waals surface area contributed by atoms with Crippen LogP contribution in [0.5, 0.6) is 0 Å². The van der Waals surface area contributed by atoms with Gasteiger partial charge in [-0.2, -0.15) is 0 Å². The molecule has 7 nitrogen and oxygen atoms in total. The number of para-hydroxylation sites is 1. The van der Waals surface area contributed by atoms with Gasteiger partial charge in [0.15, 0.2) is 0 Å². The number of anilines is 2. The van der Waals surface area contributed by atoms with Gasteiger partial charge in [0.05, 0.1) is 16.3 Å². The lowest BCUT2D eigenvalue weighted by Crippen LogP contribution is -2.36. The molecule has 0 unspecified atom stereocenters. The fourth-order valence-electron chi connectivity index (χ4n) is 4.26. The van der Waals surface area contributed by atoms with Gasteiger partial charge in [0.2, 0.25) is 0 Å². The van der Waals surface area contributed by atoms with Gasteiger partial charge in [0.1, 0.15) is 4.90 Å². The van der Waals surface area contributed by atoms with E-state index < -0.39 is 15.9 Å². The molecule has 36 heavy (non-hydrogen) atoms. The largest absolute Gasteiger partial charge is 0.349 e. The molecule has 3 aromatic carbocycles. The van der Waals surface area contributed by atoms with Crippen molar-refractivity contribution in [1.29, 1.82) is 0 Å². The van der Waals surface area contributed by atoms with Gasteiger partial charge in [-0.3, -0.25) is 14.3 Å². The van der Waals surface area contributed by atoms with Crippen molar-refractivity contribution in [2.45, 2.75) is 50.0 Å². The molecular weight excluding hydrogens is 498 g/mol. The van der Waals surface area contributed by atoms with E-state index in [0.717, 1.165) is 31.2 Å². The first-order chi connectivity index (χ1) is 17.2. The summed E-state index contributed by atoms with van der Waals surface area (Å²) in [5.74, 6) is -0.809. The molecule has 0 aromatic heterocycles. The fourth-order valence-corrected chi connectivity index (χ4v) is 5.84. The van der Waals surface area contributed by atoms with E-state index in [0.29, 0.717) is 16.9 Å². The van der Waals surface area contributed by atoms with Gasteiger partial charge in [-0.1, -0.05) is 55.1 Å². The summed E-state index contributed by atoms with van der Waals surface area (Å²) in [7, 11) is -4.05. The van der Waals surface area contributed by atoms with Crippen LogP contribution in [0.15, 0.2) is 71.6 Å². The van der Waals surface area contributed by atoms with E-state index in [-0.39, 0.29) is 27.4 Å². The maximum absolute atomic E-state index is 13.1. The third-order valence-electron chi connectivity index (χ3n) is 6.11. The van der Waals surface area contributed by atoms with Crippen molar-refractivity contribution >= 4 is 44.8 Å². The van der Waals surface area contributed by atoms with E-state index in [1.807, 2.05) is 13.0 Å². The highest BCUT2D eigenvalue weighted by Crippen LogP contribution is 2.26. The summed E-state index contributed by atoms with van der Waals surface area (Å²) in [5, 5.41) is 5.78. The fraction of sp³-hybridized carbons (Fsp3) is 0.259. The Morgan fingerprint density at radius 2 is 1.64 bits per heavy atom. The Hall–Kier alpha value is -3.36. The number of benzene rings is 3. The summed E-state index contributed by atoms with van der Waals surface area (Å²) in [6, 6.07) is 17.8. The highest BCUT2D eigenvalue weighted by molar-refractivity contribution is 7.92. The molecule has 0 heterocycles. The molecule has 3 N–H and O–H groups in total. The monoisotopic (exact) mass is 525 g/mol. The predicted octanol–water partition coefficient (Wildman–Crippen LogP) is 5.76. The zero-order chi connectivity index (χ0) is 25.7. The molecule has 1 fully saturated rings. The smallest absolute Gasteiger partial charge is 0.263 e. The van der Waals surface area contributed by atoms with Crippen LogP contribution in [0.4, 0.5) is 11.4 Å². The lowest BCUT2D eigenvalue weighted by Gasteiger charge is -2.23. The topological polar surface area (TPSA) is 104 Å². The molecule has 188 valence electrons. The molecule has 0 atom stereocenters. The first-order valence-electron chi connectivity index (χ1n) is 11.8. The highest BCUT2D eigenvalue weighted by atomic mass is 35.5. The van der Waals surface area contributed by atoms with E-state index in [4.69, 9.17) is 11.6 Å². The van der Waals surface area contributed by atoms with Crippen LogP contribution in [-0.2, 0) is 10.0 Å². The molecule has 0 spiro atoms. The van der Waals surface area contributed by atoms with Crippen molar-refractivity contribution in [2.24, 2.45) is 0 Å². The van der Waals surface area contributed by atoms with Crippen molar-refractivity contribution in [2.75, 3.05) is 10.0 Å². The minimum atomic E-state index is -4.05. The van der Waals surface area contributed by atoms with Gasteiger partial charge >= 0.3 is 0 Å². The first-order valence-corrected chi connectivity index (χ1v) is 13.7. The molecule has 1 aliphatic rings. The van der Waals surface area contributed by atoms with Gasteiger partial charge in [-0.15, -0.1) is 0 Å². The Morgan fingerprint density at radius 1 is 0.889 bits per heavy atom. The average molecular weight is 526 g/mol. The van der Waals surface area contributed by atoms with Crippen molar-refractivity contribution < 1.29 is 18.0 Å². The van der Waals surface area contributed by atoms with E-state index in [2.05, 4.69) is 15.4 Å². The summed E-state index contributed by atoms with van der Waals surface area (Å²) in [6.07, 6.45) is 5.24. The third kappa shape index (κ3) is 6.25. The zero-order valence-electron chi connectivity index (χ0n) is 19.9. The lowest BCUT2D eigenvalue weighted by atomic mass is 9.95. The van der Waals surface area contributed by atoms with Crippen LogP contribution in [0.3, 0.4) is 0 Å². The Morgan fingerprint density at radius 3 is 2.39 bits per heavy atom. The summed E-state index contributed by atoms with van der Waals surface area (Å²) >= 11 is 6.20. The average Bonchev–Trinajstić information content (AvgIpc) is 2.85. The van der Waals surface area contributed by atoms with Crippen LogP contribution >= 0.6 is 11.6 Å². The number of amides is 2. The van der Waals surface area contributed by atoms with Gasteiger partial charge in [-0.25, -0.2) is 8.42 Å². The number of hydrogen-bond acceptors (Lipinski definition) is 4. The molecule has 0 aliphatic heterocycles. The molecule has 3 aromatic rings. The van der Waals surface area contributed by atoms with Crippen LogP contribution in [0, 0.1) is 6.92 Å². The van der Waals surface area contributed by atoms with Crippen molar-refractivity contribution in [1.82, 2.24) is 5.32 Å². The normalized spacial score (nSPS) is 14.2. The molecule has 1 aliphatic carbocycles. The van der Waals surface area contributed by atoms with E-state index >= 15 is 0 Å². The van der Waals surface area contributed by atoms with E-state index in [1.54, 1.807) is 42.5 Å². The summed E-state index contributed by atoms with van der Waals surface area (Å²) in [4.78, 5) is 25.8. The van der Waals surface area contributed by atoms with Gasteiger partial charge in [0.25, 0.3) is 21.8 Å². The van der Waals surface area contributed by atoms with Crippen LogP contribution in [0.25, 0.3) is 0 Å². The number of aryl methyl sites for hydroxylation is 1. The van der Waals surface area contributed by atoms with Crippen LogP contribution in [-0.4, -0.2) is 26.3 Å². The number of nitrogens with one attached hydrogen (secondary N) is 3. The number of carbonyl (C=O) groups is 2. The standard InChI is InChI=1S/C27H28ClN3O4S/c1-18-8-7-11-21(16-18)31-36(34,35)25-17-19(14-15-23(25)28)26(32)30-24-13-6-5-12-22(24)27(33)29-20-9-3-2-4-10-20/h5-8,11-17,20,31H,2-4,9-10H2,1H3,(H,29,33)(H,30,32). The van der Waals surface area contributed by atoms with Crippen molar-refractivity contribution in [3.05, 3.63) is 88.4 Å². The van der Waals surface area contributed by atoms with E-state index in [9.17, 15) is 18.0 Å². The molecule has 0 radical (unpaired) electrons.